The lowest BCUT2D eigenvalue weighted by Crippen LogP contribution is -2.36. The predicted octanol–water partition coefficient (Wildman–Crippen LogP) is 4.50. The van der Waals surface area contributed by atoms with Gasteiger partial charge in [-0.25, -0.2) is 4.79 Å². The van der Waals surface area contributed by atoms with Gasteiger partial charge in [0.05, 0.1) is 34.1 Å². The third-order valence-corrected chi connectivity index (χ3v) is 6.02. The number of imide groups is 1. The van der Waals surface area contributed by atoms with Crippen LogP contribution in [0.2, 0.25) is 5.02 Å². The summed E-state index contributed by atoms with van der Waals surface area (Å²) in [6, 6.07) is 8.29. The number of benzene rings is 2. The number of hydrogen-bond acceptors (Lipinski definition) is 9. The second kappa shape index (κ2) is 11.7. The molecule has 1 fully saturated rings. The maximum Gasteiger partial charge on any atom is 0.339 e. The minimum Gasteiger partial charge on any atom is -0.490 e. The Morgan fingerprint density at radius 1 is 1.22 bits per heavy atom. The van der Waals surface area contributed by atoms with Gasteiger partial charge in [0, 0.05) is 11.8 Å². The highest BCUT2D eigenvalue weighted by molar-refractivity contribution is 8.18. The van der Waals surface area contributed by atoms with Crippen molar-refractivity contribution in [1.82, 2.24) is 4.90 Å². The lowest BCUT2D eigenvalue weighted by atomic mass is 10.1. The van der Waals surface area contributed by atoms with Crippen LogP contribution in [0, 0.1) is 10.1 Å². The number of nitrogens with one attached hydrogen (secondary N) is 1. The topological polar surface area (TPSA) is 145 Å². The number of methoxy groups -OCH3 is 1. The highest BCUT2D eigenvalue weighted by atomic mass is 35.5. The molecule has 2 aromatic carbocycles. The van der Waals surface area contributed by atoms with E-state index in [0.29, 0.717) is 23.7 Å². The van der Waals surface area contributed by atoms with E-state index in [1.165, 1.54) is 49.6 Å². The Hall–Kier alpha value is -3.90. The number of nitrogens with zero attached hydrogens (tertiary/aromatic N) is 2. The molecule has 188 valence electrons. The smallest absolute Gasteiger partial charge is 0.339 e. The Kier molecular flexibility index (Phi) is 8.67. The van der Waals surface area contributed by atoms with E-state index < -0.39 is 34.5 Å². The maximum absolute atomic E-state index is 12.7. The fourth-order valence-corrected chi connectivity index (χ4v) is 4.14. The summed E-state index contributed by atoms with van der Waals surface area (Å²) in [5, 5.41) is 13.2. The van der Waals surface area contributed by atoms with E-state index in [-0.39, 0.29) is 39.2 Å². The molecule has 0 saturated carbocycles. The molecule has 1 aliphatic heterocycles. The van der Waals surface area contributed by atoms with E-state index in [1.807, 2.05) is 6.92 Å². The Bertz CT molecular complexity index is 1280. The maximum atomic E-state index is 12.7. The molecule has 1 saturated heterocycles. The first-order valence-corrected chi connectivity index (χ1v) is 11.7. The SMILES string of the molecule is CCCOC(=O)c1cc(NC(=O)CN2C(=O)S/C(=C/c3ccc(OC)c([N+](=O)[O-])c3)C2=O)ccc1Cl. The van der Waals surface area contributed by atoms with Gasteiger partial charge in [0.15, 0.2) is 5.75 Å². The van der Waals surface area contributed by atoms with Gasteiger partial charge in [0.25, 0.3) is 11.1 Å². The summed E-state index contributed by atoms with van der Waals surface area (Å²) in [6.07, 6.45) is 1.95. The number of rotatable bonds is 9. The molecular weight excluding hydrogens is 514 g/mol. The van der Waals surface area contributed by atoms with Crippen molar-refractivity contribution in [3.05, 3.63) is 67.6 Å². The highest BCUT2D eigenvalue weighted by Crippen LogP contribution is 2.34. The van der Waals surface area contributed by atoms with E-state index in [2.05, 4.69) is 5.32 Å². The van der Waals surface area contributed by atoms with Crippen molar-refractivity contribution in [1.29, 1.82) is 0 Å². The molecule has 1 N–H and O–H groups in total. The molecule has 3 rings (SSSR count). The molecule has 0 radical (unpaired) electrons. The molecule has 1 aliphatic rings. The largest absolute Gasteiger partial charge is 0.490 e. The summed E-state index contributed by atoms with van der Waals surface area (Å²) >= 11 is 6.65. The minimum atomic E-state index is -0.724. The fourth-order valence-electron chi connectivity index (χ4n) is 3.10. The number of carbonyl (C=O) groups excluding carboxylic acids is 4. The van der Waals surface area contributed by atoms with Crippen molar-refractivity contribution in [2.24, 2.45) is 0 Å². The van der Waals surface area contributed by atoms with Crippen LogP contribution in [0.4, 0.5) is 16.2 Å². The van der Waals surface area contributed by atoms with Crippen LogP contribution >= 0.6 is 23.4 Å². The summed E-state index contributed by atoms with van der Waals surface area (Å²) < 4.78 is 10.0. The van der Waals surface area contributed by atoms with E-state index in [9.17, 15) is 29.3 Å². The average molecular weight is 534 g/mol. The Labute approximate surface area is 214 Å². The molecular formula is C23H20ClN3O8S. The van der Waals surface area contributed by atoms with Crippen LogP contribution in [0.25, 0.3) is 6.08 Å². The Morgan fingerprint density at radius 3 is 2.64 bits per heavy atom. The van der Waals surface area contributed by atoms with Crippen LogP contribution in [0.5, 0.6) is 5.75 Å². The second-order valence-corrected chi connectivity index (χ2v) is 8.74. The number of anilines is 1. The van der Waals surface area contributed by atoms with Gasteiger partial charge in [-0.1, -0.05) is 24.6 Å². The van der Waals surface area contributed by atoms with Gasteiger partial charge >= 0.3 is 11.7 Å². The van der Waals surface area contributed by atoms with Crippen molar-refractivity contribution >= 4 is 63.8 Å². The zero-order valence-corrected chi connectivity index (χ0v) is 20.7. The molecule has 1 heterocycles. The van der Waals surface area contributed by atoms with Gasteiger partial charge in [0.2, 0.25) is 5.91 Å². The molecule has 0 bridgehead atoms. The molecule has 0 aliphatic carbocycles. The monoisotopic (exact) mass is 533 g/mol. The molecule has 36 heavy (non-hydrogen) atoms. The van der Waals surface area contributed by atoms with Crippen LogP contribution in [-0.2, 0) is 14.3 Å². The van der Waals surface area contributed by atoms with Crippen molar-refractivity contribution in [3.63, 3.8) is 0 Å². The molecule has 0 aromatic heterocycles. The van der Waals surface area contributed by atoms with Gasteiger partial charge in [-0.2, -0.15) is 0 Å². The number of thioether (sulfide) groups is 1. The predicted molar refractivity (Wildman–Crippen MR) is 133 cm³/mol. The van der Waals surface area contributed by atoms with Gasteiger partial charge in [-0.05, 0) is 54.1 Å². The first-order valence-electron chi connectivity index (χ1n) is 10.5. The van der Waals surface area contributed by atoms with Gasteiger partial charge in [0.1, 0.15) is 6.54 Å². The molecule has 0 spiro atoms. The molecule has 2 aromatic rings. The molecule has 3 amide bonds. The number of carbonyl (C=O) groups is 4. The Balaban J connectivity index is 1.71. The highest BCUT2D eigenvalue weighted by Gasteiger charge is 2.36. The van der Waals surface area contributed by atoms with Crippen molar-refractivity contribution in [2.75, 3.05) is 25.6 Å². The summed E-state index contributed by atoms with van der Waals surface area (Å²) in [4.78, 5) is 61.1. The lowest BCUT2D eigenvalue weighted by Gasteiger charge is -2.13. The third-order valence-electron chi connectivity index (χ3n) is 4.78. The summed E-state index contributed by atoms with van der Waals surface area (Å²) in [7, 11) is 1.29. The van der Waals surface area contributed by atoms with E-state index in [1.54, 1.807) is 0 Å². The fraction of sp³-hybridized carbons (Fsp3) is 0.217. The number of amides is 3. The molecule has 0 atom stereocenters. The van der Waals surface area contributed by atoms with Crippen molar-refractivity contribution in [2.45, 2.75) is 13.3 Å². The van der Waals surface area contributed by atoms with Crippen LogP contribution in [-0.4, -0.2) is 53.1 Å². The first kappa shape index (κ1) is 26.7. The number of nitro benzene ring substituents is 1. The minimum absolute atomic E-state index is 0.000265. The third kappa shape index (κ3) is 6.20. The average Bonchev–Trinajstić information content (AvgIpc) is 3.10. The van der Waals surface area contributed by atoms with Crippen molar-refractivity contribution in [3.8, 4) is 5.75 Å². The normalized spacial score (nSPS) is 14.2. The first-order chi connectivity index (χ1) is 17.1. The van der Waals surface area contributed by atoms with E-state index in [4.69, 9.17) is 21.1 Å². The lowest BCUT2D eigenvalue weighted by molar-refractivity contribution is -0.385. The second-order valence-electron chi connectivity index (χ2n) is 7.33. The quantitative estimate of drug-likeness (QED) is 0.213. The summed E-state index contributed by atoms with van der Waals surface area (Å²) in [5.74, 6) is -2.01. The van der Waals surface area contributed by atoms with Gasteiger partial charge < -0.3 is 14.8 Å². The van der Waals surface area contributed by atoms with Gasteiger partial charge in [-0.15, -0.1) is 0 Å². The zero-order chi connectivity index (χ0) is 26.4. The summed E-state index contributed by atoms with van der Waals surface area (Å²) in [5.41, 5.74) is 0.290. The number of hydrogen-bond donors (Lipinski definition) is 1. The number of esters is 1. The van der Waals surface area contributed by atoms with Crippen LogP contribution < -0.4 is 10.1 Å². The van der Waals surface area contributed by atoms with Crippen LogP contribution in [0.1, 0.15) is 29.3 Å². The van der Waals surface area contributed by atoms with E-state index in [0.717, 1.165) is 4.90 Å². The van der Waals surface area contributed by atoms with Crippen molar-refractivity contribution < 1.29 is 33.6 Å². The molecule has 13 heteroatoms. The molecule has 0 unspecified atom stereocenters. The van der Waals surface area contributed by atoms with Crippen LogP contribution in [0.3, 0.4) is 0 Å². The number of ether oxygens (including phenoxy) is 2. The number of halogens is 1. The van der Waals surface area contributed by atoms with Crippen LogP contribution in [0.15, 0.2) is 41.3 Å². The van der Waals surface area contributed by atoms with E-state index >= 15 is 0 Å². The Morgan fingerprint density at radius 2 is 1.97 bits per heavy atom. The number of nitro groups is 1. The molecule has 11 nitrogen and oxygen atoms in total. The summed E-state index contributed by atoms with van der Waals surface area (Å²) in [6.45, 7) is 1.47. The zero-order valence-electron chi connectivity index (χ0n) is 19.1. The standard InChI is InChI=1S/C23H20ClN3O8S/c1-3-8-35-22(30)15-11-14(5-6-16(15)24)25-20(28)12-26-21(29)19(36-23(26)31)10-13-4-7-18(34-2)17(9-13)27(32)33/h4-7,9-11H,3,8,12H2,1-2H3,(H,25,28)/b19-10+. The van der Waals surface area contributed by atoms with Gasteiger partial charge in [-0.3, -0.25) is 29.4 Å².